The Labute approximate surface area is 104 Å². The number of carbonyl (C=O) groups excluding carboxylic acids is 1. The van der Waals surface area contributed by atoms with Gasteiger partial charge in [-0.05, 0) is 19.9 Å². The summed E-state index contributed by atoms with van der Waals surface area (Å²) >= 11 is 11.3. The van der Waals surface area contributed by atoms with Gasteiger partial charge in [-0.25, -0.2) is 0 Å². The molecule has 0 bridgehead atoms. The molecule has 6 heteroatoms. The van der Waals surface area contributed by atoms with Gasteiger partial charge < -0.3 is 5.32 Å². The van der Waals surface area contributed by atoms with Gasteiger partial charge in [-0.15, -0.1) is 10.2 Å². The van der Waals surface area contributed by atoms with Crippen LogP contribution in [0.5, 0.6) is 0 Å². The van der Waals surface area contributed by atoms with Crippen LogP contribution in [0.1, 0.15) is 24.2 Å². The Bertz CT molecular complexity index is 428. The van der Waals surface area contributed by atoms with E-state index in [-0.39, 0.29) is 21.8 Å². The third-order valence-electron chi connectivity index (χ3n) is 1.74. The smallest absolute Gasteiger partial charge is 0.254 e. The number of halogens is 2. The number of nitrogens with one attached hydrogen (secondary N) is 1. The van der Waals surface area contributed by atoms with Gasteiger partial charge in [-0.2, -0.15) is 0 Å². The van der Waals surface area contributed by atoms with Gasteiger partial charge in [0.2, 0.25) is 0 Å². The molecule has 0 unspecified atom stereocenters. The van der Waals surface area contributed by atoms with Crippen molar-refractivity contribution in [2.24, 2.45) is 0 Å². The first-order valence-corrected chi connectivity index (χ1v) is 5.36. The van der Waals surface area contributed by atoms with Crippen molar-refractivity contribution in [3.05, 3.63) is 33.6 Å². The van der Waals surface area contributed by atoms with Crippen LogP contribution >= 0.6 is 23.2 Å². The minimum Gasteiger partial charge on any atom is -0.348 e. The molecular weight excluding hydrogens is 249 g/mol. The average Bonchev–Trinajstić information content (AvgIpc) is 2.21. The van der Waals surface area contributed by atoms with E-state index in [0.717, 1.165) is 5.57 Å². The fourth-order valence-corrected chi connectivity index (χ4v) is 1.28. The monoisotopic (exact) mass is 259 g/mol. The maximum atomic E-state index is 11.6. The normalized spacial score (nSPS) is 9.75. The number of allylic oxidation sites excluding steroid dienone is 1. The van der Waals surface area contributed by atoms with Crippen molar-refractivity contribution >= 4 is 29.1 Å². The lowest BCUT2D eigenvalue weighted by Crippen LogP contribution is -2.24. The molecule has 0 radical (unpaired) electrons. The van der Waals surface area contributed by atoms with E-state index in [1.54, 1.807) is 0 Å². The number of nitrogens with zero attached hydrogens (tertiary/aromatic N) is 2. The standard InChI is InChI=1S/C10H11Cl2N3O/c1-6(2)3-4-13-10(16)7-5-8(11)14-15-9(7)12/h3,5H,4H2,1-2H3,(H,13,16). The Kier molecular flexibility index (Phi) is 4.71. The highest BCUT2D eigenvalue weighted by Gasteiger charge is 2.11. The predicted molar refractivity (Wildman–Crippen MR) is 63.8 cm³/mol. The van der Waals surface area contributed by atoms with Crippen LogP contribution in [0, 0.1) is 0 Å². The molecule has 0 aliphatic carbocycles. The molecule has 0 atom stereocenters. The summed E-state index contributed by atoms with van der Waals surface area (Å²) in [5, 5.41) is 9.92. The van der Waals surface area contributed by atoms with E-state index < -0.39 is 0 Å². The molecule has 1 N–H and O–H groups in total. The topological polar surface area (TPSA) is 54.9 Å². The number of hydrogen-bond donors (Lipinski definition) is 1. The number of aromatic nitrogens is 2. The van der Waals surface area contributed by atoms with E-state index in [2.05, 4.69) is 15.5 Å². The van der Waals surface area contributed by atoms with Gasteiger partial charge in [0.05, 0.1) is 5.56 Å². The highest BCUT2D eigenvalue weighted by molar-refractivity contribution is 6.34. The lowest BCUT2D eigenvalue weighted by Gasteiger charge is -2.03. The van der Waals surface area contributed by atoms with Crippen molar-refractivity contribution in [1.29, 1.82) is 0 Å². The summed E-state index contributed by atoms with van der Waals surface area (Å²) in [7, 11) is 0. The van der Waals surface area contributed by atoms with E-state index in [1.165, 1.54) is 6.07 Å². The van der Waals surface area contributed by atoms with Crippen molar-refractivity contribution in [2.75, 3.05) is 6.54 Å². The highest BCUT2D eigenvalue weighted by atomic mass is 35.5. The fraction of sp³-hybridized carbons (Fsp3) is 0.300. The summed E-state index contributed by atoms with van der Waals surface area (Å²) in [4.78, 5) is 11.6. The maximum Gasteiger partial charge on any atom is 0.254 e. The van der Waals surface area contributed by atoms with Crippen molar-refractivity contribution in [1.82, 2.24) is 15.5 Å². The molecule has 1 aromatic rings. The van der Waals surface area contributed by atoms with Gasteiger partial charge in [0, 0.05) is 6.54 Å². The Morgan fingerprint density at radius 3 is 2.75 bits per heavy atom. The minimum absolute atomic E-state index is 0.0408. The number of rotatable bonds is 3. The summed E-state index contributed by atoms with van der Waals surface area (Å²) in [6.07, 6.45) is 1.89. The molecule has 4 nitrogen and oxygen atoms in total. The Hall–Kier alpha value is -1.13. The number of carbonyl (C=O) groups is 1. The van der Waals surface area contributed by atoms with E-state index in [9.17, 15) is 4.79 Å². The van der Waals surface area contributed by atoms with Crippen LogP contribution in [-0.4, -0.2) is 22.6 Å². The second-order valence-electron chi connectivity index (χ2n) is 3.36. The van der Waals surface area contributed by atoms with Gasteiger partial charge in [-0.3, -0.25) is 4.79 Å². The van der Waals surface area contributed by atoms with E-state index in [4.69, 9.17) is 23.2 Å². The Balaban J connectivity index is 2.73. The van der Waals surface area contributed by atoms with E-state index in [0.29, 0.717) is 6.54 Å². The van der Waals surface area contributed by atoms with Crippen molar-refractivity contribution in [3.63, 3.8) is 0 Å². The van der Waals surface area contributed by atoms with Crippen molar-refractivity contribution in [3.8, 4) is 0 Å². The van der Waals surface area contributed by atoms with E-state index in [1.807, 2.05) is 19.9 Å². The first-order valence-electron chi connectivity index (χ1n) is 4.61. The minimum atomic E-state index is -0.320. The van der Waals surface area contributed by atoms with Crippen LogP contribution in [0.4, 0.5) is 0 Å². The van der Waals surface area contributed by atoms with Crippen molar-refractivity contribution < 1.29 is 4.79 Å². The van der Waals surface area contributed by atoms with Crippen LogP contribution in [-0.2, 0) is 0 Å². The molecule has 86 valence electrons. The molecule has 16 heavy (non-hydrogen) atoms. The molecule has 0 aliphatic rings. The maximum absolute atomic E-state index is 11.6. The number of hydrogen-bond acceptors (Lipinski definition) is 3. The largest absolute Gasteiger partial charge is 0.348 e. The molecular formula is C10H11Cl2N3O. The molecule has 0 aliphatic heterocycles. The first kappa shape index (κ1) is 12.9. The van der Waals surface area contributed by atoms with Crippen LogP contribution in [0.25, 0.3) is 0 Å². The summed E-state index contributed by atoms with van der Waals surface area (Å²) in [6.45, 7) is 4.34. The summed E-state index contributed by atoms with van der Waals surface area (Å²) in [6, 6.07) is 1.38. The van der Waals surface area contributed by atoms with Crippen LogP contribution in [0.3, 0.4) is 0 Å². The second kappa shape index (κ2) is 5.82. The van der Waals surface area contributed by atoms with Gasteiger partial charge >= 0.3 is 0 Å². The molecule has 0 saturated heterocycles. The fourth-order valence-electron chi connectivity index (χ4n) is 0.955. The third-order valence-corrected chi connectivity index (χ3v) is 2.20. The lowest BCUT2D eigenvalue weighted by molar-refractivity contribution is 0.0957. The quantitative estimate of drug-likeness (QED) is 0.849. The molecule has 1 rings (SSSR count). The molecule has 0 spiro atoms. The Morgan fingerprint density at radius 2 is 2.12 bits per heavy atom. The molecule has 0 fully saturated rings. The molecule has 1 heterocycles. The summed E-state index contributed by atoms with van der Waals surface area (Å²) < 4.78 is 0. The van der Waals surface area contributed by atoms with Gasteiger partial charge in [0.25, 0.3) is 5.91 Å². The van der Waals surface area contributed by atoms with Gasteiger partial charge in [-0.1, -0.05) is 34.9 Å². The second-order valence-corrected chi connectivity index (χ2v) is 4.11. The van der Waals surface area contributed by atoms with Crippen LogP contribution in [0.2, 0.25) is 10.3 Å². The summed E-state index contributed by atoms with van der Waals surface area (Å²) in [5.74, 6) is -0.320. The zero-order chi connectivity index (χ0) is 12.1. The third kappa shape index (κ3) is 3.79. The van der Waals surface area contributed by atoms with Crippen LogP contribution < -0.4 is 5.32 Å². The zero-order valence-corrected chi connectivity index (χ0v) is 10.4. The zero-order valence-electron chi connectivity index (χ0n) is 8.92. The van der Waals surface area contributed by atoms with Gasteiger partial charge in [0.15, 0.2) is 10.3 Å². The van der Waals surface area contributed by atoms with Crippen LogP contribution in [0.15, 0.2) is 17.7 Å². The van der Waals surface area contributed by atoms with E-state index >= 15 is 0 Å². The summed E-state index contributed by atoms with van der Waals surface area (Å²) in [5.41, 5.74) is 1.35. The van der Waals surface area contributed by atoms with Crippen molar-refractivity contribution in [2.45, 2.75) is 13.8 Å². The molecule has 0 aromatic carbocycles. The Morgan fingerprint density at radius 1 is 1.44 bits per heavy atom. The predicted octanol–water partition coefficient (Wildman–Crippen LogP) is 2.48. The number of amides is 1. The molecule has 0 saturated carbocycles. The highest BCUT2D eigenvalue weighted by Crippen LogP contribution is 2.14. The average molecular weight is 260 g/mol. The lowest BCUT2D eigenvalue weighted by atomic mass is 10.3. The SMILES string of the molecule is CC(C)=CCNC(=O)c1cc(Cl)nnc1Cl. The molecule has 1 amide bonds. The molecule has 1 aromatic heterocycles. The van der Waals surface area contributed by atoms with Gasteiger partial charge in [0.1, 0.15) is 0 Å². The first-order chi connectivity index (χ1) is 7.50.